The van der Waals surface area contributed by atoms with E-state index in [-0.39, 0.29) is 5.75 Å². The summed E-state index contributed by atoms with van der Waals surface area (Å²) in [5.74, 6) is 0.998. The maximum absolute atomic E-state index is 11.0. The minimum absolute atomic E-state index is 0.0586. The summed E-state index contributed by atoms with van der Waals surface area (Å²) in [7, 11) is 0. The van der Waals surface area contributed by atoms with Gasteiger partial charge in [0.2, 0.25) is 0 Å². The lowest BCUT2D eigenvalue weighted by molar-refractivity contribution is 0.112. The molecule has 0 unspecified atom stereocenters. The molecule has 1 aliphatic rings. The number of hydrogen-bond acceptors (Lipinski definition) is 3. The Labute approximate surface area is 111 Å². The maximum atomic E-state index is 11.0. The Morgan fingerprint density at radius 3 is 2.84 bits per heavy atom. The second kappa shape index (κ2) is 4.43. The number of carbonyl (C=O) groups is 1. The zero-order valence-corrected chi connectivity index (χ0v) is 10.6. The van der Waals surface area contributed by atoms with E-state index in [1.807, 2.05) is 18.2 Å². The number of rotatable bonds is 2. The van der Waals surface area contributed by atoms with Gasteiger partial charge in [0.15, 0.2) is 6.29 Å². The Balaban J connectivity index is 2.12. The van der Waals surface area contributed by atoms with Crippen LogP contribution < -0.4 is 4.74 Å². The summed E-state index contributed by atoms with van der Waals surface area (Å²) >= 11 is 0. The maximum Gasteiger partial charge on any atom is 0.153 e. The smallest absolute Gasteiger partial charge is 0.153 e. The number of aryl methyl sites for hydroxylation is 1. The number of benzene rings is 2. The monoisotopic (exact) mass is 254 g/mol. The highest BCUT2D eigenvalue weighted by atomic mass is 16.5. The summed E-state index contributed by atoms with van der Waals surface area (Å²) in [6.07, 6.45) is 1.60. The van der Waals surface area contributed by atoms with Crippen molar-refractivity contribution in [2.75, 3.05) is 6.61 Å². The van der Waals surface area contributed by atoms with Crippen LogP contribution in [0.15, 0.2) is 30.3 Å². The standard InChI is InChI=1S/C16H14O3/c1-10-6-13(8-14(9-17)16(10)18)11-2-3-15-12(7-11)4-5-19-15/h2-3,6-9,18H,4-5H2,1H3. The quantitative estimate of drug-likeness (QED) is 0.837. The van der Waals surface area contributed by atoms with Gasteiger partial charge in [0, 0.05) is 6.42 Å². The molecule has 0 atom stereocenters. The molecule has 19 heavy (non-hydrogen) atoms. The minimum atomic E-state index is 0.0586. The first-order valence-corrected chi connectivity index (χ1v) is 6.24. The largest absolute Gasteiger partial charge is 0.507 e. The first-order valence-electron chi connectivity index (χ1n) is 6.24. The molecular formula is C16H14O3. The molecule has 3 heteroatoms. The molecule has 0 saturated carbocycles. The van der Waals surface area contributed by atoms with Crippen molar-refractivity contribution in [1.29, 1.82) is 0 Å². The average Bonchev–Trinajstić information content (AvgIpc) is 2.89. The fourth-order valence-electron chi connectivity index (χ4n) is 2.43. The van der Waals surface area contributed by atoms with Gasteiger partial charge in [-0.1, -0.05) is 6.07 Å². The van der Waals surface area contributed by atoms with E-state index in [1.165, 1.54) is 5.56 Å². The van der Waals surface area contributed by atoms with E-state index in [9.17, 15) is 9.90 Å². The highest BCUT2D eigenvalue weighted by Gasteiger charge is 2.14. The SMILES string of the molecule is Cc1cc(-c2ccc3c(c2)CCO3)cc(C=O)c1O. The summed E-state index contributed by atoms with van der Waals surface area (Å²) in [6, 6.07) is 9.63. The number of hydrogen-bond donors (Lipinski definition) is 1. The number of fused-ring (bicyclic) bond motifs is 1. The number of aldehydes is 1. The Hall–Kier alpha value is -2.29. The zero-order valence-electron chi connectivity index (χ0n) is 10.6. The number of ether oxygens (including phenoxy) is 1. The molecule has 0 bridgehead atoms. The van der Waals surface area contributed by atoms with Crippen molar-refractivity contribution in [3.63, 3.8) is 0 Å². The van der Waals surface area contributed by atoms with Crippen LogP contribution >= 0.6 is 0 Å². The van der Waals surface area contributed by atoms with Crippen LogP contribution in [0.3, 0.4) is 0 Å². The van der Waals surface area contributed by atoms with Gasteiger partial charge in [0.1, 0.15) is 11.5 Å². The normalized spacial score (nSPS) is 12.9. The summed E-state index contributed by atoms with van der Waals surface area (Å²) < 4.78 is 5.48. The van der Waals surface area contributed by atoms with E-state index in [0.717, 1.165) is 29.9 Å². The third-order valence-electron chi connectivity index (χ3n) is 3.48. The molecule has 0 aliphatic carbocycles. The van der Waals surface area contributed by atoms with Crippen LogP contribution in [0, 0.1) is 6.92 Å². The highest BCUT2D eigenvalue weighted by Crippen LogP contribution is 2.33. The fraction of sp³-hybridized carbons (Fsp3) is 0.188. The van der Waals surface area contributed by atoms with Crippen molar-refractivity contribution in [3.05, 3.63) is 47.0 Å². The number of carbonyl (C=O) groups excluding carboxylic acids is 1. The van der Waals surface area contributed by atoms with Gasteiger partial charge in [-0.05, 0) is 53.4 Å². The molecular weight excluding hydrogens is 240 g/mol. The average molecular weight is 254 g/mol. The van der Waals surface area contributed by atoms with Crippen molar-refractivity contribution in [3.8, 4) is 22.6 Å². The van der Waals surface area contributed by atoms with Crippen LogP contribution in [0.4, 0.5) is 0 Å². The molecule has 0 fully saturated rings. The lowest BCUT2D eigenvalue weighted by Gasteiger charge is -2.08. The van der Waals surface area contributed by atoms with Crippen LogP contribution in [0.2, 0.25) is 0 Å². The molecule has 0 saturated heterocycles. The van der Waals surface area contributed by atoms with Gasteiger partial charge in [-0.3, -0.25) is 4.79 Å². The van der Waals surface area contributed by atoms with E-state index in [1.54, 1.807) is 13.0 Å². The van der Waals surface area contributed by atoms with E-state index < -0.39 is 0 Å². The molecule has 0 spiro atoms. The summed E-state index contributed by atoms with van der Waals surface area (Å²) in [4.78, 5) is 11.0. The van der Waals surface area contributed by atoms with Gasteiger partial charge in [0.05, 0.1) is 12.2 Å². The van der Waals surface area contributed by atoms with Gasteiger partial charge in [-0.25, -0.2) is 0 Å². The van der Waals surface area contributed by atoms with Crippen molar-refractivity contribution in [2.45, 2.75) is 13.3 Å². The Bertz CT molecular complexity index is 659. The Morgan fingerprint density at radius 2 is 2.05 bits per heavy atom. The first-order chi connectivity index (χ1) is 9.19. The molecule has 1 heterocycles. The molecule has 2 aromatic carbocycles. The topological polar surface area (TPSA) is 46.5 Å². The van der Waals surface area contributed by atoms with Crippen molar-refractivity contribution in [2.24, 2.45) is 0 Å². The van der Waals surface area contributed by atoms with Crippen LogP contribution in [0.1, 0.15) is 21.5 Å². The molecule has 0 amide bonds. The second-order valence-electron chi connectivity index (χ2n) is 4.77. The van der Waals surface area contributed by atoms with Crippen LogP contribution in [-0.4, -0.2) is 18.0 Å². The summed E-state index contributed by atoms with van der Waals surface area (Å²) in [5.41, 5.74) is 4.20. The second-order valence-corrected chi connectivity index (χ2v) is 4.77. The molecule has 1 aliphatic heterocycles. The van der Waals surface area contributed by atoms with Crippen molar-refractivity contribution < 1.29 is 14.6 Å². The molecule has 3 nitrogen and oxygen atoms in total. The predicted octanol–water partition coefficient (Wildman–Crippen LogP) is 3.12. The van der Waals surface area contributed by atoms with Gasteiger partial charge in [-0.15, -0.1) is 0 Å². The van der Waals surface area contributed by atoms with Gasteiger partial charge >= 0.3 is 0 Å². The third kappa shape index (κ3) is 1.97. The lowest BCUT2D eigenvalue weighted by Crippen LogP contribution is -1.89. The van der Waals surface area contributed by atoms with Crippen LogP contribution in [0.25, 0.3) is 11.1 Å². The summed E-state index contributed by atoms with van der Waals surface area (Å²) in [6.45, 7) is 2.52. The highest BCUT2D eigenvalue weighted by molar-refractivity contribution is 5.84. The molecule has 3 rings (SSSR count). The molecule has 1 N–H and O–H groups in total. The minimum Gasteiger partial charge on any atom is -0.507 e. The molecule has 0 aromatic heterocycles. The van der Waals surface area contributed by atoms with E-state index in [2.05, 4.69) is 6.07 Å². The molecule has 2 aromatic rings. The van der Waals surface area contributed by atoms with Gasteiger partial charge in [-0.2, -0.15) is 0 Å². The molecule has 96 valence electrons. The van der Waals surface area contributed by atoms with E-state index >= 15 is 0 Å². The van der Waals surface area contributed by atoms with Crippen molar-refractivity contribution in [1.82, 2.24) is 0 Å². The van der Waals surface area contributed by atoms with Crippen LogP contribution in [-0.2, 0) is 6.42 Å². The van der Waals surface area contributed by atoms with Gasteiger partial charge < -0.3 is 9.84 Å². The van der Waals surface area contributed by atoms with E-state index in [4.69, 9.17) is 4.74 Å². The van der Waals surface area contributed by atoms with Crippen molar-refractivity contribution >= 4 is 6.29 Å². The van der Waals surface area contributed by atoms with Gasteiger partial charge in [0.25, 0.3) is 0 Å². The first kappa shape index (κ1) is 11.8. The van der Waals surface area contributed by atoms with E-state index in [0.29, 0.717) is 17.4 Å². The number of phenols is 1. The predicted molar refractivity (Wildman–Crippen MR) is 72.9 cm³/mol. The zero-order chi connectivity index (χ0) is 13.4. The number of phenolic OH excluding ortho intramolecular Hbond substituents is 1. The molecule has 0 radical (unpaired) electrons. The van der Waals surface area contributed by atoms with Crippen LogP contribution in [0.5, 0.6) is 11.5 Å². The number of aromatic hydroxyl groups is 1. The Kier molecular flexibility index (Phi) is 2.75. The Morgan fingerprint density at radius 1 is 1.21 bits per heavy atom. The lowest BCUT2D eigenvalue weighted by atomic mass is 9.97. The fourth-order valence-corrected chi connectivity index (χ4v) is 2.43. The third-order valence-corrected chi connectivity index (χ3v) is 3.48. The summed E-state index contributed by atoms with van der Waals surface area (Å²) in [5, 5.41) is 9.77.